The van der Waals surface area contributed by atoms with E-state index in [1.165, 1.54) is 6.20 Å². The van der Waals surface area contributed by atoms with Crippen LogP contribution < -0.4 is 4.74 Å². The molecule has 1 radical (unpaired) electrons. The number of nitrogens with one attached hydrogen (secondary N) is 1. The first-order valence-electron chi connectivity index (χ1n) is 6.85. The second-order valence-corrected chi connectivity index (χ2v) is 6.52. The van der Waals surface area contributed by atoms with Gasteiger partial charge in [0.25, 0.3) is 0 Å². The first-order chi connectivity index (χ1) is 11.3. The Balaban J connectivity index is 0.00000225. The Bertz CT molecular complexity index is 788. The van der Waals surface area contributed by atoms with Crippen molar-refractivity contribution in [3.8, 4) is 5.75 Å². The fourth-order valence-electron chi connectivity index (χ4n) is 2.49. The van der Waals surface area contributed by atoms with E-state index >= 15 is 0 Å². The van der Waals surface area contributed by atoms with Gasteiger partial charge in [-0.1, -0.05) is 11.6 Å². The minimum atomic E-state index is -1.78. The fourth-order valence-corrected chi connectivity index (χ4v) is 3.08. The minimum Gasteiger partial charge on any atom is -0.479 e. The summed E-state index contributed by atoms with van der Waals surface area (Å²) in [5.41, 5.74) is 0.652. The van der Waals surface area contributed by atoms with Crippen LogP contribution in [-0.2, 0) is 9.53 Å². The number of hydrogen-bond donors (Lipinski definition) is 5. The van der Waals surface area contributed by atoms with Gasteiger partial charge in [0.2, 0.25) is 6.29 Å². The van der Waals surface area contributed by atoms with Crippen LogP contribution in [0.2, 0.25) is 5.02 Å². The second kappa shape index (κ2) is 8.12. The van der Waals surface area contributed by atoms with E-state index in [1.807, 2.05) is 0 Å². The van der Waals surface area contributed by atoms with E-state index in [9.17, 15) is 20.1 Å². The summed E-state index contributed by atoms with van der Waals surface area (Å²) >= 11 is 9.51. The first kappa shape index (κ1) is 20.9. The van der Waals surface area contributed by atoms with Crippen molar-refractivity contribution in [3.63, 3.8) is 0 Å². The van der Waals surface area contributed by atoms with Crippen LogP contribution in [0.25, 0.3) is 10.9 Å². The first-order valence-corrected chi connectivity index (χ1v) is 8.02. The standard InChI is InChI=1S/C14H13BrClNO7.Na/c15-4-1-2-5-7(8(4)16)6(3-17-5)23-14-11(20)9(18)10(19)12(24-14)13(21)22;/h1-3,9-12,14,17-20H,(H,21,22);. The number of fused-ring (bicyclic) bond motifs is 1. The topological polar surface area (TPSA) is 132 Å². The number of carbonyl (C=O) groups is 1. The van der Waals surface area contributed by atoms with Gasteiger partial charge in [0.15, 0.2) is 6.10 Å². The Labute approximate surface area is 177 Å². The van der Waals surface area contributed by atoms with Gasteiger partial charge in [-0.25, -0.2) is 4.79 Å². The van der Waals surface area contributed by atoms with Crippen molar-refractivity contribution in [1.29, 1.82) is 0 Å². The number of rotatable bonds is 3. The third-order valence-electron chi connectivity index (χ3n) is 3.76. The quantitative estimate of drug-likeness (QED) is 0.434. The van der Waals surface area contributed by atoms with E-state index in [-0.39, 0.29) is 35.3 Å². The molecule has 0 bridgehead atoms. The van der Waals surface area contributed by atoms with Crippen LogP contribution in [0.1, 0.15) is 0 Å². The molecule has 0 saturated carbocycles. The van der Waals surface area contributed by atoms with Crippen molar-refractivity contribution < 1.29 is 34.7 Å². The summed E-state index contributed by atoms with van der Waals surface area (Å²) in [5.74, 6) is -1.28. The van der Waals surface area contributed by atoms with Crippen LogP contribution in [0.3, 0.4) is 0 Å². The Morgan fingerprint density at radius 2 is 1.92 bits per heavy atom. The number of aliphatic hydroxyl groups excluding tert-OH is 3. The number of aromatic amines is 1. The summed E-state index contributed by atoms with van der Waals surface area (Å²) in [5, 5.41) is 39.4. The summed E-state index contributed by atoms with van der Waals surface area (Å²) in [4.78, 5) is 14.0. The van der Waals surface area contributed by atoms with Crippen LogP contribution >= 0.6 is 27.5 Å². The van der Waals surface area contributed by atoms with Crippen LogP contribution in [0, 0.1) is 0 Å². The van der Waals surface area contributed by atoms with E-state index in [4.69, 9.17) is 26.2 Å². The van der Waals surface area contributed by atoms with Crippen molar-refractivity contribution in [2.75, 3.05) is 0 Å². The summed E-state index contributed by atoms with van der Waals surface area (Å²) in [6.07, 6.45) is -6.94. The van der Waals surface area contributed by atoms with Crippen molar-refractivity contribution >= 4 is 74.0 Å². The third-order valence-corrected chi connectivity index (χ3v) is 5.04. The van der Waals surface area contributed by atoms with Crippen molar-refractivity contribution in [2.45, 2.75) is 30.7 Å². The molecule has 25 heavy (non-hydrogen) atoms. The number of aromatic nitrogens is 1. The molecule has 5 N–H and O–H groups in total. The molecule has 1 aromatic heterocycles. The second-order valence-electron chi connectivity index (χ2n) is 5.29. The molecular weight excluding hydrogens is 433 g/mol. The Kier molecular flexibility index (Phi) is 6.80. The molecule has 2 heterocycles. The number of carboxylic acid groups (broad SMARTS) is 1. The monoisotopic (exact) mass is 444 g/mol. The number of aliphatic carboxylic acids is 1. The molecule has 11 heteroatoms. The summed E-state index contributed by atoms with van der Waals surface area (Å²) in [6.45, 7) is 0. The largest absolute Gasteiger partial charge is 0.479 e. The molecule has 0 amide bonds. The number of aliphatic hydroxyl groups is 3. The fraction of sp³-hybridized carbons (Fsp3) is 0.357. The third kappa shape index (κ3) is 3.85. The van der Waals surface area contributed by atoms with Crippen molar-refractivity contribution in [3.05, 3.63) is 27.8 Å². The predicted molar refractivity (Wildman–Crippen MR) is 91.7 cm³/mol. The molecule has 3 rings (SSSR count). The molecule has 1 fully saturated rings. The molecule has 131 valence electrons. The zero-order valence-electron chi connectivity index (χ0n) is 12.9. The molecule has 5 unspecified atom stereocenters. The molecule has 5 atom stereocenters. The molecular formula is C14H13BrClNNaO7. The molecule has 0 spiro atoms. The van der Waals surface area contributed by atoms with Crippen molar-refractivity contribution in [1.82, 2.24) is 4.98 Å². The molecule has 2 aromatic rings. The maximum Gasteiger partial charge on any atom is 0.335 e. The predicted octanol–water partition coefficient (Wildman–Crippen LogP) is 0.474. The number of H-pyrrole nitrogens is 1. The van der Waals surface area contributed by atoms with E-state index in [0.29, 0.717) is 20.4 Å². The normalized spacial score (nSPS) is 29.2. The Morgan fingerprint density at radius 1 is 1.24 bits per heavy atom. The van der Waals surface area contributed by atoms with Gasteiger partial charge in [-0.3, -0.25) is 0 Å². The SMILES string of the molecule is O=C(O)C1OC(Oc2c[nH]c3ccc(Br)c(Cl)c23)C(O)C(O)C1O.[Na]. The summed E-state index contributed by atoms with van der Waals surface area (Å²) in [7, 11) is 0. The summed E-state index contributed by atoms with van der Waals surface area (Å²) < 4.78 is 11.2. The molecule has 1 aliphatic heterocycles. The van der Waals surface area contributed by atoms with Crippen LogP contribution in [0.15, 0.2) is 22.8 Å². The average Bonchev–Trinajstić information content (AvgIpc) is 2.94. The molecule has 1 aliphatic rings. The van der Waals surface area contributed by atoms with Gasteiger partial charge >= 0.3 is 5.97 Å². The average molecular weight is 446 g/mol. The van der Waals surface area contributed by atoms with Gasteiger partial charge in [0.05, 0.1) is 15.9 Å². The van der Waals surface area contributed by atoms with Crippen molar-refractivity contribution in [2.24, 2.45) is 0 Å². The molecule has 1 aromatic carbocycles. The number of hydrogen-bond acceptors (Lipinski definition) is 6. The van der Waals surface area contributed by atoms with Gasteiger partial charge in [-0.15, -0.1) is 0 Å². The number of benzene rings is 1. The van der Waals surface area contributed by atoms with Gasteiger partial charge < -0.3 is 34.9 Å². The van der Waals surface area contributed by atoms with Crippen LogP contribution in [0.4, 0.5) is 0 Å². The van der Waals surface area contributed by atoms with E-state index in [2.05, 4.69) is 20.9 Å². The number of ether oxygens (including phenoxy) is 2. The van der Waals surface area contributed by atoms with Gasteiger partial charge in [0.1, 0.15) is 24.1 Å². The maximum atomic E-state index is 11.1. The molecule has 1 saturated heterocycles. The number of halogens is 2. The van der Waals surface area contributed by atoms with Gasteiger partial charge in [-0.2, -0.15) is 0 Å². The van der Waals surface area contributed by atoms with E-state index in [0.717, 1.165) is 0 Å². The molecule has 0 aliphatic carbocycles. The smallest absolute Gasteiger partial charge is 0.335 e. The maximum absolute atomic E-state index is 11.1. The Hall–Kier alpha value is -0.360. The number of carboxylic acids is 1. The van der Waals surface area contributed by atoms with Gasteiger partial charge in [-0.05, 0) is 28.1 Å². The zero-order chi connectivity index (χ0) is 17.6. The van der Waals surface area contributed by atoms with E-state index < -0.39 is 36.7 Å². The Morgan fingerprint density at radius 3 is 2.56 bits per heavy atom. The van der Waals surface area contributed by atoms with E-state index in [1.54, 1.807) is 12.1 Å². The summed E-state index contributed by atoms with van der Waals surface area (Å²) in [6, 6.07) is 3.48. The zero-order valence-corrected chi connectivity index (χ0v) is 17.2. The van der Waals surface area contributed by atoms with Crippen LogP contribution in [0.5, 0.6) is 5.75 Å². The van der Waals surface area contributed by atoms with Crippen LogP contribution in [-0.4, -0.2) is 91.6 Å². The van der Waals surface area contributed by atoms with Gasteiger partial charge in [0, 0.05) is 40.2 Å². The molecule has 8 nitrogen and oxygen atoms in total. The minimum absolute atomic E-state index is 0.